The van der Waals surface area contributed by atoms with Crippen molar-refractivity contribution in [3.8, 4) is 11.3 Å². The molecule has 23 heavy (non-hydrogen) atoms. The second-order valence-corrected chi connectivity index (χ2v) is 6.58. The maximum absolute atomic E-state index is 12.9. The second kappa shape index (κ2) is 6.30. The minimum atomic E-state index is -0.332. The van der Waals surface area contributed by atoms with Crippen LogP contribution in [0.5, 0.6) is 0 Å². The molecule has 0 saturated heterocycles. The van der Waals surface area contributed by atoms with E-state index >= 15 is 0 Å². The summed E-state index contributed by atoms with van der Waals surface area (Å²) in [5.41, 5.74) is 3.05. The van der Waals surface area contributed by atoms with Crippen molar-refractivity contribution in [3.05, 3.63) is 69.8 Å². The van der Waals surface area contributed by atoms with E-state index in [1.54, 1.807) is 23.5 Å². The SMILES string of the molecule is Cc1nc(-c2ccc(C(=O)Nc3ccc(F)cc3)cc2)c(C)s1. The lowest BCUT2D eigenvalue weighted by Gasteiger charge is -2.06. The third kappa shape index (κ3) is 3.46. The molecule has 1 N–H and O–H groups in total. The number of aromatic nitrogens is 1. The number of carbonyl (C=O) groups is 1. The van der Waals surface area contributed by atoms with Gasteiger partial charge in [0.25, 0.3) is 5.91 Å². The van der Waals surface area contributed by atoms with Crippen molar-refractivity contribution in [2.45, 2.75) is 13.8 Å². The van der Waals surface area contributed by atoms with Crippen molar-refractivity contribution in [2.24, 2.45) is 0 Å². The van der Waals surface area contributed by atoms with Gasteiger partial charge in [-0.3, -0.25) is 4.79 Å². The first kappa shape index (κ1) is 15.4. The largest absolute Gasteiger partial charge is 0.322 e. The monoisotopic (exact) mass is 326 g/mol. The number of benzene rings is 2. The molecule has 2 aromatic carbocycles. The van der Waals surface area contributed by atoms with Crippen molar-refractivity contribution >= 4 is 22.9 Å². The lowest BCUT2D eigenvalue weighted by Crippen LogP contribution is -2.11. The fourth-order valence-corrected chi connectivity index (χ4v) is 3.15. The molecule has 3 aromatic rings. The Balaban J connectivity index is 1.77. The third-order valence-electron chi connectivity index (χ3n) is 3.43. The van der Waals surface area contributed by atoms with Crippen LogP contribution in [0.2, 0.25) is 0 Å². The third-order valence-corrected chi connectivity index (χ3v) is 4.31. The van der Waals surface area contributed by atoms with Gasteiger partial charge in [-0.1, -0.05) is 12.1 Å². The lowest BCUT2D eigenvalue weighted by atomic mass is 10.1. The van der Waals surface area contributed by atoms with Gasteiger partial charge in [0.15, 0.2) is 0 Å². The molecule has 1 aromatic heterocycles. The standard InChI is InChI=1S/C18H15FN2OS/c1-11-17(20-12(2)23-11)13-3-5-14(6-4-13)18(22)21-16-9-7-15(19)8-10-16/h3-10H,1-2H3,(H,21,22). The van der Waals surface area contributed by atoms with Gasteiger partial charge >= 0.3 is 0 Å². The fraction of sp³-hybridized carbons (Fsp3) is 0.111. The molecule has 3 nitrogen and oxygen atoms in total. The Morgan fingerprint density at radius 1 is 1.04 bits per heavy atom. The van der Waals surface area contributed by atoms with Crippen LogP contribution in [0.3, 0.4) is 0 Å². The summed E-state index contributed by atoms with van der Waals surface area (Å²) in [6.07, 6.45) is 0. The van der Waals surface area contributed by atoms with Gasteiger partial charge in [0.05, 0.1) is 10.7 Å². The molecule has 5 heteroatoms. The highest BCUT2D eigenvalue weighted by Crippen LogP contribution is 2.27. The predicted molar refractivity (Wildman–Crippen MR) is 91.4 cm³/mol. The van der Waals surface area contributed by atoms with E-state index in [1.807, 2.05) is 26.0 Å². The van der Waals surface area contributed by atoms with Gasteiger partial charge in [-0.2, -0.15) is 0 Å². The molecule has 0 atom stereocenters. The minimum Gasteiger partial charge on any atom is -0.322 e. The molecule has 116 valence electrons. The van der Waals surface area contributed by atoms with Crippen LogP contribution in [-0.4, -0.2) is 10.9 Å². The van der Waals surface area contributed by atoms with Crippen LogP contribution in [0, 0.1) is 19.7 Å². The first-order valence-corrected chi connectivity index (χ1v) is 7.96. The normalized spacial score (nSPS) is 10.6. The highest BCUT2D eigenvalue weighted by Gasteiger charge is 2.10. The van der Waals surface area contributed by atoms with E-state index < -0.39 is 0 Å². The molecular weight excluding hydrogens is 311 g/mol. The van der Waals surface area contributed by atoms with E-state index in [1.165, 1.54) is 24.3 Å². The summed E-state index contributed by atoms with van der Waals surface area (Å²) in [6, 6.07) is 13.0. The average molecular weight is 326 g/mol. The van der Waals surface area contributed by atoms with Crippen molar-refractivity contribution in [2.75, 3.05) is 5.32 Å². The first-order valence-electron chi connectivity index (χ1n) is 7.14. The Labute approximate surface area is 137 Å². The Bertz CT molecular complexity index is 838. The molecule has 0 spiro atoms. The van der Waals surface area contributed by atoms with E-state index in [2.05, 4.69) is 10.3 Å². The van der Waals surface area contributed by atoms with Gasteiger partial charge in [-0.15, -0.1) is 11.3 Å². The predicted octanol–water partition coefficient (Wildman–Crippen LogP) is 4.82. The van der Waals surface area contributed by atoms with Crippen LogP contribution >= 0.6 is 11.3 Å². The highest BCUT2D eigenvalue weighted by atomic mass is 32.1. The van der Waals surface area contributed by atoms with E-state index in [0.717, 1.165) is 21.1 Å². The first-order chi connectivity index (χ1) is 11.0. The summed E-state index contributed by atoms with van der Waals surface area (Å²) in [5, 5.41) is 3.76. The van der Waals surface area contributed by atoms with Gasteiger partial charge in [-0.25, -0.2) is 9.37 Å². The van der Waals surface area contributed by atoms with Crippen LogP contribution in [0.15, 0.2) is 48.5 Å². The number of hydrogen-bond donors (Lipinski definition) is 1. The zero-order valence-electron chi connectivity index (χ0n) is 12.8. The number of anilines is 1. The molecule has 0 aliphatic rings. The Kier molecular flexibility index (Phi) is 4.21. The van der Waals surface area contributed by atoms with Crippen LogP contribution < -0.4 is 5.32 Å². The Hall–Kier alpha value is -2.53. The molecule has 0 bridgehead atoms. The van der Waals surface area contributed by atoms with Gasteiger partial charge in [-0.05, 0) is 50.2 Å². The summed E-state index contributed by atoms with van der Waals surface area (Å²) >= 11 is 1.66. The van der Waals surface area contributed by atoms with Crippen LogP contribution in [0.1, 0.15) is 20.2 Å². The minimum absolute atomic E-state index is 0.227. The number of halogens is 1. The van der Waals surface area contributed by atoms with E-state index in [0.29, 0.717) is 11.3 Å². The number of aryl methyl sites for hydroxylation is 2. The summed E-state index contributed by atoms with van der Waals surface area (Å²) in [6.45, 7) is 4.01. The summed E-state index contributed by atoms with van der Waals surface area (Å²) in [4.78, 5) is 17.9. The Morgan fingerprint density at radius 2 is 1.70 bits per heavy atom. The molecule has 0 aliphatic carbocycles. The number of rotatable bonds is 3. The lowest BCUT2D eigenvalue weighted by molar-refractivity contribution is 0.102. The van der Waals surface area contributed by atoms with Crippen LogP contribution in [0.25, 0.3) is 11.3 Å². The number of carbonyl (C=O) groups excluding carboxylic acids is 1. The van der Waals surface area contributed by atoms with Crippen molar-refractivity contribution in [3.63, 3.8) is 0 Å². The molecule has 0 unspecified atom stereocenters. The van der Waals surface area contributed by atoms with Crippen molar-refractivity contribution < 1.29 is 9.18 Å². The van der Waals surface area contributed by atoms with Gasteiger partial charge in [0.2, 0.25) is 0 Å². The van der Waals surface area contributed by atoms with Crippen molar-refractivity contribution in [1.29, 1.82) is 0 Å². The number of amides is 1. The molecule has 0 radical (unpaired) electrons. The Morgan fingerprint density at radius 3 is 2.26 bits per heavy atom. The van der Waals surface area contributed by atoms with Crippen LogP contribution in [0.4, 0.5) is 10.1 Å². The van der Waals surface area contributed by atoms with Gasteiger partial charge < -0.3 is 5.32 Å². The van der Waals surface area contributed by atoms with Crippen molar-refractivity contribution in [1.82, 2.24) is 4.98 Å². The molecule has 1 amide bonds. The number of thiazole rings is 1. The zero-order chi connectivity index (χ0) is 16.4. The quantitative estimate of drug-likeness (QED) is 0.750. The van der Waals surface area contributed by atoms with Crippen LogP contribution in [-0.2, 0) is 0 Å². The highest BCUT2D eigenvalue weighted by molar-refractivity contribution is 7.11. The number of hydrogen-bond acceptors (Lipinski definition) is 3. The smallest absolute Gasteiger partial charge is 0.255 e. The maximum atomic E-state index is 12.9. The summed E-state index contributed by atoms with van der Waals surface area (Å²) in [5.74, 6) is -0.560. The molecule has 0 aliphatic heterocycles. The average Bonchev–Trinajstić information content (AvgIpc) is 2.88. The fourth-order valence-electron chi connectivity index (χ4n) is 2.31. The maximum Gasteiger partial charge on any atom is 0.255 e. The molecular formula is C18H15FN2OS. The summed E-state index contributed by atoms with van der Waals surface area (Å²) < 4.78 is 12.9. The van der Waals surface area contributed by atoms with Gasteiger partial charge in [0, 0.05) is 21.7 Å². The van der Waals surface area contributed by atoms with E-state index in [9.17, 15) is 9.18 Å². The molecule has 3 rings (SSSR count). The molecule has 0 saturated carbocycles. The molecule has 0 fully saturated rings. The molecule has 1 heterocycles. The van der Waals surface area contributed by atoms with E-state index in [4.69, 9.17) is 0 Å². The van der Waals surface area contributed by atoms with E-state index in [-0.39, 0.29) is 11.7 Å². The zero-order valence-corrected chi connectivity index (χ0v) is 13.6. The summed E-state index contributed by atoms with van der Waals surface area (Å²) in [7, 11) is 0. The second-order valence-electron chi connectivity index (χ2n) is 5.18. The van der Waals surface area contributed by atoms with Gasteiger partial charge in [0.1, 0.15) is 5.82 Å². The number of nitrogens with zero attached hydrogens (tertiary/aromatic N) is 1. The topological polar surface area (TPSA) is 42.0 Å². The number of nitrogens with one attached hydrogen (secondary N) is 1.